The Morgan fingerprint density at radius 2 is 2.20 bits per heavy atom. The summed E-state index contributed by atoms with van der Waals surface area (Å²) in [4.78, 5) is 0. The highest BCUT2D eigenvalue weighted by atomic mass is 32.2. The molecule has 0 saturated carbocycles. The molecule has 1 N–H and O–H groups in total. The zero-order valence-corrected chi connectivity index (χ0v) is 12.0. The normalized spacial score (nSPS) is 18.9. The number of nitrogens with zero attached hydrogens (tertiary/aromatic N) is 1. The van der Waals surface area contributed by atoms with Crippen molar-refractivity contribution in [2.75, 3.05) is 19.8 Å². The number of ether oxygens (including phenoxy) is 1. The Balaban J connectivity index is 1.88. The molecule has 0 aliphatic carbocycles. The Kier molecular flexibility index (Phi) is 5.12. The molecule has 0 aromatic heterocycles. The standard InChI is InChI=1S/C14H18N2O3S/c15-9-13-3-1-2-4-14(13)11-20(17,18)16-7-5-12-6-8-19-10-12/h1-4,12,16H,5-8,10-11H2. The molecule has 1 aliphatic heterocycles. The Morgan fingerprint density at radius 1 is 1.40 bits per heavy atom. The van der Waals surface area contributed by atoms with Crippen molar-refractivity contribution >= 4 is 10.0 Å². The summed E-state index contributed by atoms with van der Waals surface area (Å²) in [6.45, 7) is 1.91. The van der Waals surface area contributed by atoms with Crippen molar-refractivity contribution in [2.24, 2.45) is 5.92 Å². The lowest BCUT2D eigenvalue weighted by atomic mass is 10.1. The van der Waals surface area contributed by atoms with E-state index in [0.717, 1.165) is 26.1 Å². The first kappa shape index (κ1) is 15.0. The molecule has 2 rings (SSSR count). The van der Waals surface area contributed by atoms with Crippen molar-refractivity contribution in [3.8, 4) is 6.07 Å². The second-order valence-electron chi connectivity index (χ2n) is 4.94. The Hall–Kier alpha value is -1.42. The van der Waals surface area contributed by atoms with Gasteiger partial charge in [-0.15, -0.1) is 0 Å². The van der Waals surface area contributed by atoms with E-state index in [0.29, 0.717) is 23.6 Å². The first-order valence-corrected chi connectivity index (χ1v) is 8.29. The summed E-state index contributed by atoms with van der Waals surface area (Å²) >= 11 is 0. The van der Waals surface area contributed by atoms with Gasteiger partial charge in [0.1, 0.15) is 0 Å². The number of nitrogens with one attached hydrogen (secondary N) is 1. The molecule has 1 fully saturated rings. The van der Waals surface area contributed by atoms with Crippen molar-refractivity contribution in [3.63, 3.8) is 0 Å². The van der Waals surface area contributed by atoms with Crippen molar-refractivity contribution in [1.29, 1.82) is 5.26 Å². The minimum Gasteiger partial charge on any atom is -0.381 e. The van der Waals surface area contributed by atoms with Crippen LogP contribution in [0.1, 0.15) is 24.0 Å². The van der Waals surface area contributed by atoms with Gasteiger partial charge in [0.2, 0.25) is 10.0 Å². The lowest BCUT2D eigenvalue weighted by molar-refractivity contribution is 0.184. The molecular weight excluding hydrogens is 276 g/mol. The Labute approximate surface area is 119 Å². The SMILES string of the molecule is N#Cc1ccccc1CS(=O)(=O)NCCC1CCOC1. The van der Waals surface area contributed by atoms with Gasteiger partial charge in [-0.05, 0) is 30.4 Å². The molecule has 0 bridgehead atoms. The lowest BCUT2D eigenvalue weighted by Crippen LogP contribution is -2.27. The van der Waals surface area contributed by atoms with E-state index in [-0.39, 0.29) is 5.75 Å². The van der Waals surface area contributed by atoms with Crippen molar-refractivity contribution in [2.45, 2.75) is 18.6 Å². The van der Waals surface area contributed by atoms with Crippen LogP contribution < -0.4 is 4.72 Å². The number of rotatable bonds is 6. The molecule has 20 heavy (non-hydrogen) atoms. The summed E-state index contributed by atoms with van der Waals surface area (Å²) in [6.07, 6.45) is 1.79. The van der Waals surface area contributed by atoms with Crippen LogP contribution in [0, 0.1) is 17.2 Å². The number of benzene rings is 1. The largest absolute Gasteiger partial charge is 0.381 e. The van der Waals surface area contributed by atoms with Gasteiger partial charge in [0.25, 0.3) is 0 Å². The van der Waals surface area contributed by atoms with E-state index in [9.17, 15) is 8.42 Å². The number of hydrogen-bond acceptors (Lipinski definition) is 4. The molecule has 5 nitrogen and oxygen atoms in total. The molecule has 0 radical (unpaired) electrons. The molecule has 0 spiro atoms. The first-order chi connectivity index (χ1) is 9.61. The molecule has 108 valence electrons. The van der Waals surface area contributed by atoms with Crippen molar-refractivity contribution in [3.05, 3.63) is 35.4 Å². The van der Waals surface area contributed by atoms with E-state index in [2.05, 4.69) is 4.72 Å². The van der Waals surface area contributed by atoms with Gasteiger partial charge < -0.3 is 4.74 Å². The minimum absolute atomic E-state index is 0.155. The van der Waals surface area contributed by atoms with Gasteiger partial charge in [-0.2, -0.15) is 5.26 Å². The summed E-state index contributed by atoms with van der Waals surface area (Å²) in [7, 11) is -3.40. The highest BCUT2D eigenvalue weighted by Gasteiger charge is 2.18. The first-order valence-electron chi connectivity index (χ1n) is 6.64. The van der Waals surface area contributed by atoms with E-state index >= 15 is 0 Å². The second-order valence-corrected chi connectivity index (χ2v) is 6.75. The Morgan fingerprint density at radius 3 is 2.90 bits per heavy atom. The van der Waals surface area contributed by atoms with Crippen LogP contribution in [0.5, 0.6) is 0 Å². The fourth-order valence-electron chi connectivity index (χ4n) is 2.24. The maximum Gasteiger partial charge on any atom is 0.215 e. The van der Waals surface area contributed by atoms with Crippen LogP contribution in [-0.4, -0.2) is 28.2 Å². The zero-order valence-electron chi connectivity index (χ0n) is 11.2. The van der Waals surface area contributed by atoms with Gasteiger partial charge in [-0.3, -0.25) is 0 Å². The number of nitriles is 1. The molecule has 1 aromatic carbocycles. The second kappa shape index (κ2) is 6.84. The fourth-order valence-corrected chi connectivity index (χ4v) is 3.43. The van der Waals surface area contributed by atoms with Crippen LogP contribution in [0.15, 0.2) is 24.3 Å². The van der Waals surface area contributed by atoms with Gasteiger partial charge in [0, 0.05) is 19.8 Å². The summed E-state index contributed by atoms with van der Waals surface area (Å²) in [6, 6.07) is 8.77. The van der Waals surface area contributed by atoms with Crippen LogP contribution in [0.3, 0.4) is 0 Å². The highest BCUT2D eigenvalue weighted by molar-refractivity contribution is 7.88. The van der Waals surface area contributed by atoms with E-state index in [1.54, 1.807) is 24.3 Å². The average molecular weight is 294 g/mol. The third-order valence-corrected chi connectivity index (χ3v) is 4.72. The zero-order chi connectivity index (χ0) is 14.4. The third kappa shape index (κ3) is 4.30. The molecule has 1 atom stereocenters. The molecule has 1 heterocycles. The van der Waals surface area contributed by atoms with Gasteiger partial charge >= 0.3 is 0 Å². The van der Waals surface area contributed by atoms with Crippen molar-refractivity contribution < 1.29 is 13.2 Å². The number of hydrogen-bond donors (Lipinski definition) is 1. The van der Waals surface area contributed by atoms with Crippen LogP contribution in [0.25, 0.3) is 0 Å². The summed E-state index contributed by atoms with van der Waals surface area (Å²) in [5.41, 5.74) is 0.939. The van der Waals surface area contributed by atoms with Crippen LogP contribution >= 0.6 is 0 Å². The van der Waals surface area contributed by atoms with Gasteiger partial charge in [-0.1, -0.05) is 18.2 Å². The molecule has 1 aromatic rings. The summed E-state index contributed by atoms with van der Waals surface area (Å²) in [5.74, 6) is 0.293. The quantitative estimate of drug-likeness (QED) is 0.860. The molecule has 0 amide bonds. The van der Waals surface area contributed by atoms with E-state index in [1.165, 1.54) is 0 Å². The smallest absolute Gasteiger partial charge is 0.215 e. The third-order valence-electron chi connectivity index (χ3n) is 3.38. The van der Waals surface area contributed by atoms with E-state index in [4.69, 9.17) is 10.00 Å². The van der Waals surface area contributed by atoms with Crippen LogP contribution in [-0.2, 0) is 20.5 Å². The molecule has 1 aliphatic rings. The predicted octanol–water partition coefficient (Wildman–Crippen LogP) is 1.40. The number of sulfonamides is 1. The Bertz CT molecular complexity index is 587. The monoisotopic (exact) mass is 294 g/mol. The maximum atomic E-state index is 12.0. The molecule has 1 unspecified atom stereocenters. The maximum absolute atomic E-state index is 12.0. The van der Waals surface area contributed by atoms with Gasteiger partial charge in [0.05, 0.1) is 17.4 Å². The predicted molar refractivity (Wildman–Crippen MR) is 75.3 cm³/mol. The molecule has 1 saturated heterocycles. The topological polar surface area (TPSA) is 79.2 Å². The van der Waals surface area contributed by atoms with Crippen LogP contribution in [0.2, 0.25) is 0 Å². The minimum atomic E-state index is -3.40. The molecule has 6 heteroatoms. The summed E-state index contributed by atoms with van der Waals surface area (Å²) < 4.78 is 31.8. The highest BCUT2D eigenvalue weighted by Crippen LogP contribution is 2.16. The van der Waals surface area contributed by atoms with E-state index in [1.807, 2.05) is 6.07 Å². The summed E-state index contributed by atoms with van der Waals surface area (Å²) in [5, 5.41) is 8.96. The van der Waals surface area contributed by atoms with E-state index < -0.39 is 10.0 Å². The van der Waals surface area contributed by atoms with Crippen molar-refractivity contribution in [1.82, 2.24) is 4.72 Å². The van der Waals surface area contributed by atoms with Gasteiger partial charge in [-0.25, -0.2) is 13.1 Å². The lowest BCUT2D eigenvalue weighted by Gasteiger charge is -2.10. The van der Waals surface area contributed by atoms with Gasteiger partial charge in [0.15, 0.2) is 0 Å². The fraction of sp³-hybridized carbons (Fsp3) is 0.500. The molecular formula is C14H18N2O3S. The average Bonchev–Trinajstić information content (AvgIpc) is 2.92. The van der Waals surface area contributed by atoms with Crippen LogP contribution in [0.4, 0.5) is 0 Å².